The number of hydrogen-bond acceptors (Lipinski definition) is 4. The van der Waals surface area contributed by atoms with Gasteiger partial charge in [0.15, 0.2) is 0 Å². The van der Waals surface area contributed by atoms with Gasteiger partial charge in [0.2, 0.25) is 11.1 Å². The molecule has 3 rings (SSSR count). The molecule has 0 aromatic heterocycles. The summed E-state index contributed by atoms with van der Waals surface area (Å²) in [7, 11) is 9.85. The van der Waals surface area contributed by atoms with Crippen LogP contribution in [0.25, 0.3) is 20.8 Å². The zero-order chi connectivity index (χ0) is 15.9. The molecule has 1 heterocycles. The van der Waals surface area contributed by atoms with E-state index in [1.54, 1.807) is 18.4 Å². The summed E-state index contributed by atoms with van der Waals surface area (Å²) in [6, 6.07) is 10.5. The average molecular weight is 314 g/mol. The molecule has 0 spiro atoms. The first-order chi connectivity index (χ1) is 10.5. The van der Waals surface area contributed by atoms with Crippen molar-refractivity contribution in [3.8, 4) is 16.3 Å². The van der Waals surface area contributed by atoms with E-state index in [1.165, 1.54) is 5.69 Å². The minimum Gasteiger partial charge on any atom is -0.489 e. The third kappa shape index (κ3) is 2.41. The van der Waals surface area contributed by atoms with Gasteiger partial charge < -0.3 is 9.64 Å². The number of fused-ring (bicyclic) bond motifs is 2. The molecule has 114 valence electrons. The lowest BCUT2D eigenvalue weighted by Crippen LogP contribution is -2.23. The van der Waals surface area contributed by atoms with Crippen LogP contribution in [0.2, 0.25) is 0 Å². The number of hydrogen-bond donors (Lipinski definition) is 0. The molecule has 0 atom stereocenters. The fraction of sp³-hybridized carbons (Fsp3) is 0.294. The predicted octanol–water partition coefficient (Wildman–Crippen LogP) is 2.51. The SMILES string of the molecule is COc1c2sc3cc(N(C)C)ccc3nc-2ccc1=[N+](C)C. The highest BCUT2D eigenvalue weighted by atomic mass is 32.1. The molecule has 0 amide bonds. The molecule has 4 nitrogen and oxygen atoms in total. The molecule has 0 unspecified atom stereocenters. The van der Waals surface area contributed by atoms with E-state index in [9.17, 15) is 0 Å². The Hall–Kier alpha value is -2.14. The Kier molecular flexibility index (Phi) is 3.74. The molecule has 5 heteroatoms. The summed E-state index contributed by atoms with van der Waals surface area (Å²) in [6.45, 7) is 0. The van der Waals surface area contributed by atoms with Crippen molar-refractivity contribution in [1.29, 1.82) is 0 Å². The van der Waals surface area contributed by atoms with E-state index in [0.29, 0.717) is 0 Å². The van der Waals surface area contributed by atoms with Crippen molar-refractivity contribution in [2.75, 3.05) is 40.2 Å². The summed E-state index contributed by atoms with van der Waals surface area (Å²) >= 11 is 1.72. The topological polar surface area (TPSA) is 28.4 Å². The summed E-state index contributed by atoms with van der Waals surface area (Å²) in [6.07, 6.45) is 0. The number of nitrogens with zero attached hydrogens (tertiary/aromatic N) is 3. The van der Waals surface area contributed by atoms with Gasteiger partial charge >= 0.3 is 0 Å². The third-order valence-corrected chi connectivity index (χ3v) is 4.81. The van der Waals surface area contributed by atoms with Crippen molar-refractivity contribution < 1.29 is 4.74 Å². The molecule has 0 saturated carbocycles. The van der Waals surface area contributed by atoms with Gasteiger partial charge in [-0.1, -0.05) is 0 Å². The fourth-order valence-corrected chi connectivity index (χ4v) is 3.59. The summed E-state index contributed by atoms with van der Waals surface area (Å²) in [5.74, 6) is 0.886. The van der Waals surface area contributed by atoms with Gasteiger partial charge in [-0.05, 0) is 24.3 Å². The maximum absolute atomic E-state index is 5.66. The van der Waals surface area contributed by atoms with Gasteiger partial charge in [0.25, 0.3) is 0 Å². The second-order valence-electron chi connectivity index (χ2n) is 5.62. The van der Waals surface area contributed by atoms with Crippen LogP contribution >= 0.6 is 11.3 Å². The number of rotatable bonds is 2. The van der Waals surface area contributed by atoms with Crippen LogP contribution in [0.15, 0.2) is 30.3 Å². The highest BCUT2D eigenvalue weighted by Gasteiger charge is 2.18. The van der Waals surface area contributed by atoms with Crippen molar-refractivity contribution in [2.24, 2.45) is 0 Å². The van der Waals surface area contributed by atoms with Crippen LogP contribution in [0.4, 0.5) is 5.69 Å². The van der Waals surface area contributed by atoms with Crippen molar-refractivity contribution in [3.05, 3.63) is 35.7 Å². The molecule has 0 fully saturated rings. The third-order valence-electron chi connectivity index (χ3n) is 3.67. The maximum Gasteiger partial charge on any atom is 0.243 e. The van der Waals surface area contributed by atoms with Gasteiger partial charge in [-0.15, -0.1) is 11.3 Å². The summed E-state index contributed by atoms with van der Waals surface area (Å²) in [5, 5.41) is 1.07. The molecular formula is C17H20N3OS+. The average Bonchev–Trinajstić information content (AvgIpc) is 2.50. The van der Waals surface area contributed by atoms with Crippen LogP contribution in [0.5, 0.6) is 5.75 Å². The first kappa shape index (κ1) is 14.8. The van der Waals surface area contributed by atoms with Gasteiger partial charge in [0.05, 0.1) is 23.0 Å². The van der Waals surface area contributed by atoms with Crippen LogP contribution in [-0.4, -0.2) is 40.3 Å². The number of aromatic nitrogens is 1. The summed E-state index contributed by atoms with van der Waals surface area (Å²) in [5.41, 5.74) is 3.16. The van der Waals surface area contributed by atoms with E-state index < -0.39 is 0 Å². The fourth-order valence-electron chi connectivity index (χ4n) is 2.47. The zero-order valence-corrected chi connectivity index (χ0v) is 14.4. The van der Waals surface area contributed by atoms with Crippen molar-refractivity contribution in [3.63, 3.8) is 0 Å². The van der Waals surface area contributed by atoms with Gasteiger partial charge in [0.1, 0.15) is 19.0 Å². The van der Waals surface area contributed by atoms with Gasteiger partial charge in [-0.2, -0.15) is 0 Å². The van der Waals surface area contributed by atoms with E-state index in [-0.39, 0.29) is 0 Å². The lowest BCUT2D eigenvalue weighted by molar-refractivity contribution is 0.408. The maximum atomic E-state index is 5.66. The Balaban J connectivity index is 2.39. The molecule has 1 aliphatic carbocycles. The molecule has 1 aromatic rings. The Morgan fingerprint density at radius 3 is 2.55 bits per heavy atom. The lowest BCUT2D eigenvalue weighted by atomic mass is 10.2. The molecule has 0 saturated heterocycles. The largest absolute Gasteiger partial charge is 0.489 e. The lowest BCUT2D eigenvalue weighted by Gasteiger charge is -2.14. The molecule has 22 heavy (non-hydrogen) atoms. The second-order valence-corrected chi connectivity index (χ2v) is 6.67. The molecule has 1 aliphatic heterocycles. The van der Waals surface area contributed by atoms with Crippen molar-refractivity contribution in [1.82, 2.24) is 9.56 Å². The number of ether oxygens (including phenoxy) is 1. The summed E-state index contributed by atoms with van der Waals surface area (Å²) in [4.78, 5) is 7.96. The molecule has 0 bridgehead atoms. The van der Waals surface area contributed by atoms with Crippen LogP contribution in [-0.2, 0) is 0 Å². The van der Waals surface area contributed by atoms with E-state index in [0.717, 1.165) is 31.9 Å². The molecule has 0 N–H and O–H groups in total. The van der Waals surface area contributed by atoms with Crippen LogP contribution in [0, 0.1) is 0 Å². The quantitative estimate of drug-likeness (QED) is 0.537. The molecule has 1 aromatic carbocycles. The van der Waals surface area contributed by atoms with Crippen LogP contribution in [0.3, 0.4) is 0 Å². The first-order valence-corrected chi connectivity index (χ1v) is 7.92. The first-order valence-electron chi connectivity index (χ1n) is 7.10. The van der Waals surface area contributed by atoms with Crippen molar-refractivity contribution >= 4 is 27.2 Å². The Labute approximate surface area is 134 Å². The van der Waals surface area contributed by atoms with E-state index in [1.807, 2.05) is 28.2 Å². The van der Waals surface area contributed by atoms with E-state index in [2.05, 4.69) is 39.8 Å². The zero-order valence-electron chi connectivity index (χ0n) is 13.5. The van der Waals surface area contributed by atoms with Crippen molar-refractivity contribution in [2.45, 2.75) is 0 Å². The Bertz CT molecular complexity index is 879. The molecule has 2 aliphatic rings. The molecular weight excluding hydrogens is 294 g/mol. The van der Waals surface area contributed by atoms with Crippen LogP contribution < -0.4 is 19.6 Å². The predicted molar refractivity (Wildman–Crippen MR) is 94.2 cm³/mol. The standard InChI is InChI=1S/C17H20N3OS/c1-19(2)11-6-7-12-15(10-11)22-17-13(18-12)8-9-14(20(3)4)16(17)21-5/h6-10H,1-5H3/q+1. The molecule has 0 radical (unpaired) electrons. The second kappa shape index (κ2) is 5.57. The Morgan fingerprint density at radius 1 is 1.14 bits per heavy atom. The van der Waals surface area contributed by atoms with Crippen LogP contribution in [0.1, 0.15) is 0 Å². The minimum atomic E-state index is 0.886. The summed E-state index contributed by atoms with van der Waals surface area (Å²) < 4.78 is 8.89. The van der Waals surface area contributed by atoms with E-state index in [4.69, 9.17) is 9.72 Å². The Morgan fingerprint density at radius 2 is 1.91 bits per heavy atom. The van der Waals surface area contributed by atoms with Gasteiger partial charge in [-0.3, -0.25) is 0 Å². The highest BCUT2D eigenvalue weighted by molar-refractivity contribution is 7.21. The number of methoxy groups -OCH3 is 1. The van der Waals surface area contributed by atoms with Gasteiger partial charge in [-0.25, -0.2) is 9.56 Å². The highest BCUT2D eigenvalue weighted by Crippen LogP contribution is 2.36. The van der Waals surface area contributed by atoms with Gasteiger partial charge in [0, 0.05) is 25.8 Å². The minimum absolute atomic E-state index is 0.886. The smallest absolute Gasteiger partial charge is 0.243 e. The normalized spacial score (nSPS) is 11.0. The van der Waals surface area contributed by atoms with E-state index >= 15 is 0 Å². The monoisotopic (exact) mass is 314 g/mol. The number of benzene rings is 2. The number of anilines is 1.